The van der Waals surface area contributed by atoms with Crippen molar-refractivity contribution in [1.29, 1.82) is 0 Å². The van der Waals surface area contributed by atoms with Crippen LogP contribution in [0.15, 0.2) is 6.07 Å². The lowest BCUT2D eigenvalue weighted by atomic mass is 10.2. The molecule has 0 spiro atoms. The molecule has 5 heteroatoms. The van der Waals surface area contributed by atoms with Crippen LogP contribution in [0, 0.1) is 0 Å². The SMILES string of the molecule is CS(=O)(=O)CCC(=O)c1cc2c(s1)CCC2. The van der Waals surface area contributed by atoms with Gasteiger partial charge in [-0.1, -0.05) is 0 Å². The molecular weight excluding hydrogens is 244 g/mol. The molecule has 0 amide bonds. The summed E-state index contributed by atoms with van der Waals surface area (Å²) in [6.07, 6.45) is 4.58. The summed E-state index contributed by atoms with van der Waals surface area (Å²) < 4.78 is 21.9. The van der Waals surface area contributed by atoms with Crippen LogP contribution >= 0.6 is 11.3 Å². The molecule has 0 atom stereocenters. The van der Waals surface area contributed by atoms with Crippen molar-refractivity contribution in [2.45, 2.75) is 25.7 Å². The summed E-state index contributed by atoms with van der Waals surface area (Å²) in [5, 5.41) is 0. The Morgan fingerprint density at radius 1 is 1.44 bits per heavy atom. The number of thiophene rings is 1. The first-order valence-corrected chi connectivity index (χ1v) is 8.16. The Kier molecular flexibility index (Phi) is 3.17. The number of carbonyl (C=O) groups excluding carboxylic acids is 1. The number of hydrogen-bond donors (Lipinski definition) is 0. The van der Waals surface area contributed by atoms with Gasteiger partial charge < -0.3 is 0 Å². The maximum atomic E-state index is 11.7. The molecule has 1 aromatic heterocycles. The molecule has 0 aliphatic heterocycles. The second-order valence-corrected chi connectivity index (χ2v) is 7.61. The fraction of sp³-hybridized carbons (Fsp3) is 0.545. The van der Waals surface area contributed by atoms with E-state index in [2.05, 4.69) is 0 Å². The van der Waals surface area contributed by atoms with Crippen LogP contribution in [0.1, 0.15) is 33.0 Å². The fourth-order valence-electron chi connectivity index (χ4n) is 1.87. The zero-order valence-corrected chi connectivity index (χ0v) is 10.8. The van der Waals surface area contributed by atoms with E-state index >= 15 is 0 Å². The van der Waals surface area contributed by atoms with E-state index in [0.717, 1.165) is 24.0 Å². The minimum atomic E-state index is -3.04. The zero-order valence-electron chi connectivity index (χ0n) is 9.15. The molecule has 1 heterocycles. The van der Waals surface area contributed by atoms with Gasteiger partial charge in [0.1, 0.15) is 9.84 Å². The number of aryl methyl sites for hydroxylation is 2. The average molecular weight is 258 g/mol. The third kappa shape index (κ3) is 2.71. The highest BCUT2D eigenvalue weighted by Crippen LogP contribution is 2.31. The molecule has 0 saturated heterocycles. The van der Waals surface area contributed by atoms with Gasteiger partial charge in [-0.2, -0.15) is 0 Å². The van der Waals surface area contributed by atoms with Gasteiger partial charge in [0, 0.05) is 17.6 Å². The van der Waals surface area contributed by atoms with Crippen LogP contribution in [0.2, 0.25) is 0 Å². The normalized spacial score (nSPS) is 15.1. The van der Waals surface area contributed by atoms with Crippen molar-refractivity contribution in [2.24, 2.45) is 0 Å². The Balaban J connectivity index is 2.04. The van der Waals surface area contributed by atoms with E-state index in [1.54, 1.807) is 0 Å². The van der Waals surface area contributed by atoms with E-state index < -0.39 is 9.84 Å². The highest BCUT2D eigenvalue weighted by Gasteiger charge is 2.19. The quantitative estimate of drug-likeness (QED) is 0.774. The van der Waals surface area contributed by atoms with Crippen molar-refractivity contribution in [2.75, 3.05) is 12.0 Å². The van der Waals surface area contributed by atoms with E-state index in [4.69, 9.17) is 0 Å². The second-order valence-electron chi connectivity index (χ2n) is 4.22. The number of fused-ring (bicyclic) bond motifs is 1. The van der Waals surface area contributed by atoms with Crippen molar-refractivity contribution in [1.82, 2.24) is 0 Å². The molecule has 0 bridgehead atoms. The fourth-order valence-corrected chi connectivity index (χ4v) is 3.64. The van der Waals surface area contributed by atoms with Gasteiger partial charge in [-0.15, -0.1) is 11.3 Å². The summed E-state index contributed by atoms with van der Waals surface area (Å²) in [7, 11) is -3.04. The minimum absolute atomic E-state index is 0.0372. The van der Waals surface area contributed by atoms with Gasteiger partial charge in [0.15, 0.2) is 5.78 Å². The number of ketones is 1. The molecule has 1 aromatic rings. The second kappa shape index (κ2) is 4.30. The van der Waals surface area contributed by atoms with Crippen LogP contribution in [0.4, 0.5) is 0 Å². The molecule has 0 radical (unpaired) electrons. The third-order valence-corrected chi connectivity index (χ3v) is 4.95. The maximum absolute atomic E-state index is 11.7. The van der Waals surface area contributed by atoms with Crippen LogP contribution in [0.5, 0.6) is 0 Å². The summed E-state index contributed by atoms with van der Waals surface area (Å²) in [5.74, 6) is -0.0844. The molecule has 2 rings (SSSR count). The van der Waals surface area contributed by atoms with Gasteiger partial charge in [-0.05, 0) is 30.9 Å². The van der Waals surface area contributed by atoms with Gasteiger partial charge in [0.05, 0.1) is 10.6 Å². The number of rotatable bonds is 4. The van der Waals surface area contributed by atoms with Crippen LogP contribution in [-0.2, 0) is 22.7 Å². The first kappa shape index (κ1) is 11.8. The minimum Gasteiger partial charge on any atom is -0.293 e. The Bertz CT molecular complexity index is 490. The van der Waals surface area contributed by atoms with E-state index in [1.165, 1.54) is 28.2 Å². The van der Waals surface area contributed by atoms with Gasteiger partial charge in [-0.3, -0.25) is 4.79 Å². The molecule has 0 N–H and O–H groups in total. The lowest BCUT2D eigenvalue weighted by Gasteiger charge is -1.96. The zero-order chi connectivity index (χ0) is 11.8. The van der Waals surface area contributed by atoms with Crippen LogP contribution in [0.3, 0.4) is 0 Å². The number of sulfone groups is 1. The summed E-state index contributed by atoms with van der Waals surface area (Å²) >= 11 is 1.54. The van der Waals surface area contributed by atoms with E-state index in [9.17, 15) is 13.2 Å². The first-order chi connectivity index (χ1) is 7.46. The highest BCUT2D eigenvalue weighted by atomic mass is 32.2. The number of hydrogen-bond acceptors (Lipinski definition) is 4. The van der Waals surface area contributed by atoms with Crippen molar-refractivity contribution < 1.29 is 13.2 Å². The number of carbonyl (C=O) groups is 1. The standard InChI is InChI=1S/C11H14O3S2/c1-16(13,14)6-5-9(12)11-7-8-3-2-4-10(8)15-11/h7H,2-6H2,1H3. The van der Waals surface area contributed by atoms with Crippen molar-refractivity contribution in [3.05, 3.63) is 21.4 Å². The Labute approximate surface area is 99.4 Å². The maximum Gasteiger partial charge on any atom is 0.173 e. The molecule has 16 heavy (non-hydrogen) atoms. The molecule has 1 aliphatic rings. The Hall–Kier alpha value is -0.680. The Morgan fingerprint density at radius 2 is 2.19 bits per heavy atom. The van der Waals surface area contributed by atoms with Gasteiger partial charge >= 0.3 is 0 Å². The van der Waals surface area contributed by atoms with E-state index in [0.29, 0.717) is 0 Å². The molecule has 0 saturated carbocycles. The van der Waals surface area contributed by atoms with Gasteiger partial charge in [-0.25, -0.2) is 8.42 Å². The lowest BCUT2D eigenvalue weighted by Crippen LogP contribution is -2.08. The Morgan fingerprint density at radius 3 is 2.81 bits per heavy atom. The molecule has 88 valence electrons. The molecular formula is C11H14O3S2. The highest BCUT2D eigenvalue weighted by molar-refractivity contribution is 7.90. The average Bonchev–Trinajstić information content (AvgIpc) is 2.71. The summed E-state index contributed by atoms with van der Waals surface area (Å²) in [6.45, 7) is 0. The van der Waals surface area contributed by atoms with Crippen LogP contribution < -0.4 is 0 Å². The molecule has 0 aromatic carbocycles. The molecule has 0 fully saturated rings. The smallest absolute Gasteiger partial charge is 0.173 e. The molecule has 1 aliphatic carbocycles. The van der Waals surface area contributed by atoms with Crippen LogP contribution in [0.25, 0.3) is 0 Å². The molecule has 0 unspecified atom stereocenters. The van der Waals surface area contributed by atoms with Gasteiger partial charge in [0.25, 0.3) is 0 Å². The third-order valence-electron chi connectivity index (χ3n) is 2.72. The summed E-state index contributed by atoms with van der Waals surface area (Å²) in [6, 6.07) is 1.94. The van der Waals surface area contributed by atoms with E-state index in [-0.39, 0.29) is 18.0 Å². The lowest BCUT2D eigenvalue weighted by molar-refractivity contribution is 0.0992. The predicted molar refractivity (Wildman–Crippen MR) is 65.0 cm³/mol. The first-order valence-electron chi connectivity index (χ1n) is 5.28. The topological polar surface area (TPSA) is 51.2 Å². The predicted octanol–water partition coefficient (Wildman–Crippen LogP) is 1.85. The number of Topliss-reactive ketones (excluding diaryl/α,β-unsaturated/α-hetero) is 1. The largest absolute Gasteiger partial charge is 0.293 e. The van der Waals surface area contributed by atoms with Crippen molar-refractivity contribution in [3.8, 4) is 0 Å². The summed E-state index contributed by atoms with van der Waals surface area (Å²) in [4.78, 5) is 13.8. The van der Waals surface area contributed by atoms with Crippen molar-refractivity contribution in [3.63, 3.8) is 0 Å². The van der Waals surface area contributed by atoms with Crippen molar-refractivity contribution >= 4 is 27.0 Å². The molecule has 3 nitrogen and oxygen atoms in total. The van der Waals surface area contributed by atoms with Gasteiger partial charge in [0.2, 0.25) is 0 Å². The van der Waals surface area contributed by atoms with Crippen LogP contribution in [-0.4, -0.2) is 26.2 Å². The summed E-state index contributed by atoms with van der Waals surface area (Å²) in [5.41, 5.74) is 1.28. The monoisotopic (exact) mass is 258 g/mol. The van der Waals surface area contributed by atoms with E-state index in [1.807, 2.05) is 6.07 Å².